The smallest absolute Gasteiger partial charge is 0.0653 e. The lowest BCUT2D eigenvalue weighted by Crippen LogP contribution is -2.58. The molecule has 120 valence electrons. The molecule has 2 bridgehead atoms. The third-order valence-electron chi connectivity index (χ3n) is 8.48. The molecule has 4 saturated carbocycles. The lowest BCUT2D eigenvalue weighted by Gasteiger charge is -2.63. The molecule has 0 aliphatic heterocycles. The second kappa shape index (κ2) is 4.47. The van der Waals surface area contributed by atoms with E-state index >= 15 is 0 Å². The molecule has 4 aliphatic rings. The summed E-state index contributed by atoms with van der Waals surface area (Å²) in [4.78, 5) is 0. The summed E-state index contributed by atoms with van der Waals surface area (Å²) in [6.45, 7) is 5.00. The summed E-state index contributed by atoms with van der Waals surface area (Å²) in [5.74, 6) is 2.65. The molecule has 2 N–H and O–H groups in total. The van der Waals surface area contributed by atoms with Crippen LogP contribution < -0.4 is 0 Å². The highest BCUT2D eigenvalue weighted by Crippen LogP contribution is 2.71. The highest BCUT2D eigenvalue weighted by atomic mass is 16.3. The Morgan fingerprint density at radius 1 is 0.952 bits per heavy atom. The molecular formula is C19H32O2. The third kappa shape index (κ3) is 1.84. The molecule has 2 nitrogen and oxygen atoms in total. The van der Waals surface area contributed by atoms with Crippen molar-refractivity contribution in [2.75, 3.05) is 6.61 Å². The second-order valence-corrected chi connectivity index (χ2v) is 9.41. The summed E-state index contributed by atoms with van der Waals surface area (Å²) in [6, 6.07) is 0. The van der Waals surface area contributed by atoms with Gasteiger partial charge in [-0.1, -0.05) is 13.3 Å². The van der Waals surface area contributed by atoms with E-state index in [-0.39, 0.29) is 0 Å². The van der Waals surface area contributed by atoms with Crippen LogP contribution in [0.15, 0.2) is 0 Å². The Balaban J connectivity index is 1.70. The Kier molecular flexibility index (Phi) is 3.09. The summed E-state index contributed by atoms with van der Waals surface area (Å²) in [5, 5.41) is 20.7. The van der Waals surface area contributed by atoms with E-state index in [1.54, 1.807) is 0 Å². The van der Waals surface area contributed by atoms with Crippen LogP contribution in [0.1, 0.15) is 71.6 Å². The van der Waals surface area contributed by atoms with Gasteiger partial charge in [-0.3, -0.25) is 0 Å². The number of rotatable bonds is 1. The Bertz CT molecular complexity index is 431. The van der Waals surface area contributed by atoms with Gasteiger partial charge in [0, 0.05) is 6.61 Å². The third-order valence-corrected chi connectivity index (χ3v) is 8.48. The average Bonchev–Trinajstić information content (AvgIpc) is 2.68. The van der Waals surface area contributed by atoms with Crippen LogP contribution in [0.3, 0.4) is 0 Å². The first-order valence-electron chi connectivity index (χ1n) is 9.25. The van der Waals surface area contributed by atoms with E-state index in [4.69, 9.17) is 0 Å². The van der Waals surface area contributed by atoms with Gasteiger partial charge in [-0.2, -0.15) is 0 Å². The minimum Gasteiger partial charge on any atom is -0.396 e. The second-order valence-electron chi connectivity index (χ2n) is 9.41. The van der Waals surface area contributed by atoms with Crippen molar-refractivity contribution in [1.29, 1.82) is 0 Å². The molecule has 21 heavy (non-hydrogen) atoms. The molecule has 0 aromatic rings. The molecular weight excluding hydrogens is 260 g/mol. The van der Waals surface area contributed by atoms with Gasteiger partial charge in [0.25, 0.3) is 0 Å². The van der Waals surface area contributed by atoms with Crippen LogP contribution in [0.25, 0.3) is 0 Å². The van der Waals surface area contributed by atoms with Gasteiger partial charge in [0.15, 0.2) is 0 Å². The average molecular weight is 292 g/mol. The summed E-state index contributed by atoms with van der Waals surface area (Å²) in [5.41, 5.74) is 0.407. The molecule has 4 aliphatic carbocycles. The zero-order valence-corrected chi connectivity index (χ0v) is 13.8. The van der Waals surface area contributed by atoms with E-state index < -0.39 is 5.60 Å². The number of fused-ring (bicyclic) bond motifs is 3. The molecule has 0 aromatic heterocycles. The van der Waals surface area contributed by atoms with Crippen molar-refractivity contribution in [3.8, 4) is 0 Å². The normalized spacial score (nSPS) is 59.4. The van der Waals surface area contributed by atoms with Crippen LogP contribution in [-0.4, -0.2) is 22.4 Å². The Morgan fingerprint density at radius 2 is 1.76 bits per heavy atom. The van der Waals surface area contributed by atoms with Gasteiger partial charge in [-0.15, -0.1) is 0 Å². The monoisotopic (exact) mass is 292 g/mol. The molecule has 4 fully saturated rings. The van der Waals surface area contributed by atoms with Gasteiger partial charge in [0.1, 0.15) is 0 Å². The largest absolute Gasteiger partial charge is 0.396 e. The number of aliphatic hydroxyl groups excluding tert-OH is 1. The van der Waals surface area contributed by atoms with Gasteiger partial charge < -0.3 is 10.2 Å². The predicted molar refractivity (Wildman–Crippen MR) is 83.8 cm³/mol. The van der Waals surface area contributed by atoms with Gasteiger partial charge in [0.05, 0.1) is 5.60 Å². The van der Waals surface area contributed by atoms with E-state index in [1.165, 1.54) is 51.4 Å². The van der Waals surface area contributed by atoms with Crippen LogP contribution >= 0.6 is 0 Å². The summed E-state index contributed by atoms with van der Waals surface area (Å²) in [6.07, 6.45) is 11.3. The zero-order chi connectivity index (χ0) is 14.9. The molecule has 0 saturated heterocycles. The van der Waals surface area contributed by atoms with Crippen molar-refractivity contribution in [3.63, 3.8) is 0 Å². The van der Waals surface area contributed by atoms with Gasteiger partial charge in [0.2, 0.25) is 0 Å². The Hall–Kier alpha value is -0.0800. The van der Waals surface area contributed by atoms with Crippen molar-refractivity contribution >= 4 is 0 Å². The minimum atomic E-state index is -0.444. The fraction of sp³-hybridized carbons (Fsp3) is 1.00. The highest BCUT2D eigenvalue weighted by Gasteiger charge is 2.64. The fourth-order valence-electron chi connectivity index (χ4n) is 7.77. The van der Waals surface area contributed by atoms with Crippen molar-refractivity contribution < 1.29 is 10.2 Å². The number of hydrogen-bond donors (Lipinski definition) is 2. The Labute approximate surface area is 129 Å². The first kappa shape index (κ1) is 14.5. The van der Waals surface area contributed by atoms with E-state index in [0.717, 1.165) is 18.3 Å². The summed E-state index contributed by atoms with van der Waals surface area (Å²) >= 11 is 0. The lowest BCUT2D eigenvalue weighted by molar-refractivity contribution is -0.180. The molecule has 1 spiro atoms. The Morgan fingerprint density at radius 3 is 2.52 bits per heavy atom. The van der Waals surface area contributed by atoms with Gasteiger partial charge in [-0.05, 0) is 92.8 Å². The van der Waals surface area contributed by atoms with Crippen LogP contribution in [0.4, 0.5) is 0 Å². The fourth-order valence-corrected chi connectivity index (χ4v) is 7.77. The van der Waals surface area contributed by atoms with E-state index in [1.807, 2.05) is 0 Å². The molecule has 0 amide bonds. The number of hydrogen-bond acceptors (Lipinski definition) is 2. The standard InChI is InChI=1S/C19H32O2/c1-17-7-3-8-18(2,21)15(17)6-9-19-10-13(4-5-16(17)19)14(11-19)12-20/h13-16,20-21H,3-12H2,1-2H3/t13-,14-,15-,16-,17+,18-,19+/m0/s1. The van der Waals surface area contributed by atoms with E-state index in [2.05, 4.69) is 13.8 Å². The maximum atomic E-state index is 11.0. The predicted octanol–water partition coefficient (Wildman–Crippen LogP) is 3.75. The molecule has 4 rings (SSSR count). The van der Waals surface area contributed by atoms with Crippen molar-refractivity contribution in [2.45, 2.75) is 77.2 Å². The van der Waals surface area contributed by atoms with Crippen LogP contribution in [-0.2, 0) is 0 Å². The first-order valence-corrected chi connectivity index (χ1v) is 9.25. The van der Waals surface area contributed by atoms with Crippen LogP contribution in [0, 0.1) is 34.5 Å². The molecule has 2 heteroatoms. The zero-order valence-electron chi connectivity index (χ0n) is 13.8. The molecule has 0 radical (unpaired) electrons. The van der Waals surface area contributed by atoms with E-state index in [0.29, 0.717) is 29.3 Å². The van der Waals surface area contributed by atoms with Crippen molar-refractivity contribution in [3.05, 3.63) is 0 Å². The lowest BCUT2D eigenvalue weighted by atomic mass is 9.43. The quantitative estimate of drug-likeness (QED) is 0.772. The van der Waals surface area contributed by atoms with E-state index in [9.17, 15) is 10.2 Å². The number of aliphatic hydroxyl groups is 2. The highest BCUT2D eigenvalue weighted by molar-refractivity contribution is 5.13. The molecule has 0 unspecified atom stereocenters. The van der Waals surface area contributed by atoms with Crippen molar-refractivity contribution in [1.82, 2.24) is 0 Å². The summed E-state index contributed by atoms with van der Waals surface area (Å²) in [7, 11) is 0. The SMILES string of the molecule is C[C@@]12CCC[C@](C)(O)[C@H]1CC[C@@]13C[C@@H](CO)[C@@H](CC[C@H]12)C3. The first-order chi connectivity index (χ1) is 9.91. The molecule has 7 atom stereocenters. The van der Waals surface area contributed by atoms with Gasteiger partial charge >= 0.3 is 0 Å². The molecule has 0 heterocycles. The maximum Gasteiger partial charge on any atom is 0.0653 e. The van der Waals surface area contributed by atoms with Crippen LogP contribution in [0.2, 0.25) is 0 Å². The van der Waals surface area contributed by atoms with Crippen molar-refractivity contribution in [2.24, 2.45) is 34.5 Å². The minimum absolute atomic E-state index is 0.343. The van der Waals surface area contributed by atoms with Crippen LogP contribution in [0.5, 0.6) is 0 Å². The molecule has 0 aromatic carbocycles. The van der Waals surface area contributed by atoms with Gasteiger partial charge in [-0.25, -0.2) is 0 Å². The topological polar surface area (TPSA) is 40.5 Å². The summed E-state index contributed by atoms with van der Waals surface area (Å²) < 4.78 is 0. The maximum absolute atomic E-state index is 11.0.